The molecule has 1 amide bonds. The summed E-state index contributed by atoms with van der Waals surface area (Å²) in [5, 5.41) is 2.32. The van der Waals surface area contributed by atoms with Crippen molar-refractivity contribution in [2.75, 3.05) is 5.32 Å². The van der Waals surface area contributed by atoms with Gasteiger partial charge in [-0.25, -0.2) is 9.97 Å². The average Bonchev–Trinajstić information content (AvgIpc) is 2.34. The molecule has 0 aliphatic rings. The van der Waals surface area contributed by atoms with E-state index in [0.717, 1.165) is 0 Å². The Kier molecular flexibility index (Phi) is 4.88. The highest BCUT2D eigenvalue weighted by atomic mass is 35.5. The highest BCUT2D eigenvalue weighted by Gasteiger charge is 2.15. The van der Waals surface area contributed by atoms with Gasteiger partial charge in [0.2, 0.25) is 5.28 Å². The van der Waals surface area contributed by atoms with E-state index in [1.165, 1.54) is 12.1 Å². The normalized spacial score (nSPS) is 10.4. The van der Waals surface area contributed by atoms with Crippen LogP contribution >= 0.6 is 58.0 Å². The standard InChI is InChI=1S/C10H3Cl5N4O/c11-4-1-3(2-5(12)16-4)9(20)18-8-6(13)7(14)17-10(15)19-8/h1-2H,(H,17,18,19,20). The molecule has 0 radical (unpaired) electrons. The Bertz CT molecular complexity index is 673. The number of nitrogens with zero attached hydrogens (tertiary/aromatic N) is 3. The molecule has 1 N–H and O–H groups in total. The maximum atomic E-state index is 12.0. The molecule has 20 heavy (non-hydrogen) atoms. The molecule has 10 heteroatoms. The number of aromatic nitrogens is 3. The van der Waals surface area contributed by atoms with Crippen molar-refractivity contribution < 1.29 is 4.79 Å². The van der Waals surface area contributed by atoms with E-state index in [-0.39, 0.29) is 37.1 Å². The molecule has 0 aliphatic heterocycles. The van der Waals surface area contributed by atoms with E-state index >= 15 is 0 Å². The molecule has 0 aromatic carbocycles. The predicted octanol–water partition coefficient (Wildman–Crippen LogP) is 4.39. The van der Waals surface area contributed by atoms with Crippen LogP contribution in [-0.4, -0.2) is 20.9 Å². The van der Waals surface area contributed by atoms with Gasteiger partial charge in [-0.15, -0.1) is 0 Å². The molecule has 0 bridgehead atoms. The number of anilines is 1. The largest absolute Gasteiger partial charge is 0.305 e. The summed E-state index contributed by atoms with van der Waals surface area (Å²) in [6, 6.07) is 2.67. The molecule has 0 saturated heterocycles. The Morgan fingerprint density at radius 3 is 2.15 bits per heavy atom. The van der Waals surface area contributed by atoms with Crippen LogP contribution < -0.4 is 5.32 Å². The number of hydrogen-bond acceptors (Lipinski definition) is 4. The monoisotopic (exact) mass is 370 g/mol. The molecular formula is C10H3Cl5N4O. The number of carbonyl (C=O) groups excluding carboxylic acids is 1. The van der Waals surface area contributed by atoms with E-state index in [1.807, 2.05) is 0 Å². The molecule has 0 unspecified atom stereocenters. The Labute approximate surface area is 138 Å². The molecule has 0 spiro atoms. The van der Waals surface area contributed by atoms with Gasteiger partial charge in [-0.2, -0.15) is 4.98 Å². The van der Waals surface area contributed by atoms with E-state index in [9.17, 15) is 4.79 Å². The van der Waals surface area contributed by atoms with Crippen LogP contribution in [0, 0.1) is 0 Å². The molecule has 5 nitrogen and oxygen atoms in total. The van der Waals surface area contributed by atoms with Crippen LogP contribution in [-0.2, 0) is 0 Å². The van der Waals surface area contributed by atoms with Gasteiger partial charge in [0.1, 0.15) is 15.3 Å². The lowest BCUT2D eigenvalue weighted by Gasteiger charge is -2.07. The zero-order chi connectivity index (χ0) is 14.9. The van der Waals surface area contributed by atoms with Gasteiger partial charge in [-0.05, 0) is 23.7 Å². The third-order valence-electron chi connectivity index (χ3n) is 2.04. The minimum Gasteiger partial charge on any atom is -0.305 e. The average molecular weight is 372 g/mol. The molecule has 2 aromatic rings. The SMILES string of the molecule is O=C(Nc1nc(Cl)nc(Cl)c1Cl)c1cc(Cl)nc(Cl)c1. The summed E-state index contributed by atoms with van der Waals surface area (Å²) in [5.41, 5.74) is 0.178. The van der Waals surface area contributed by atoms with Crippen molar-refractivity contribution in [2.24, 2.45) is 0 Å². The summed E-state index contributed by atoms with van der Waals surface area (Å²) in [6.45, 7) is 0. The Hall–Kier alpha value is -0.850. The lowest BCUT2D eigenvalue weighted by atomic mass is 10.2. The van der Waals surface area contributed by atoms with Gasteiger partial charge in [0.25, 0.3) is 5.91 Å². The molecule has 0 saturated carbocycles. The lowest BCUT2D eigenvalue weighted by molar-refractivity contribution is 0.102. The van der Waals surface area contributed by atoms with Crippen molar-refractivity contribution >= 4 is 69.7 Å². The van der Waals surface area contributed by atoms with Crippen LogP contribution in [0.1, 0.15) is 10.4 Å². The van der Waals surface area contributed by atoms with E-state index in [4.69, 9.17) is 58.0 Å². The number of hydrogen-bond donors (Lipinski definition) is 1. The molecule has 0 fully saturated rings. The number of rotatable bonds is 2. The zero-order valence-electron chi connectivity index (χ0n) is 9.29. The first-order valence-electron chi connectivity index (χ1n) is 4.90. The quantitative estimate of drug-likeness (QED) is 0.482. The second kappa shape index (κ2) is 6.28. The summed E-state index contributed by atoms with van der Waals surface area (Å²) in [4.78, 5) is 23.2. The van der Waals surface area contributed by atoms with Gasteiger partial charge >= 0.3 is 0 Å². The topological polar surface area (TPSA) is 67.8 Å². The second-order valence-electron chi connectivity index (χ2n) is 3.40. The van der Waals surface area contributed by atoms with Crippen LogP contribution in [0.5, 0.6) is 0 Å². The molecule has 104 valence electrons. The minimum absolute atomic E-state index is 0.0225. The van der Waals surface area contributed by atoms with Gasteiger partial charge in [-0.1, -0.05) is 46.4 Å². The van der Waals surface area contributed by atoms with Crippen LogP contribution in [0.2, 0.25) is 25.8 Å². The molecule has 0 aliphatic carbocycles. The van der Waals surface area contributed by atoms with E-state index < -0.39 is 5.91 Å². The number of halogens is 5. The molecule has 2 rings (SSSR count). The van der Waals surface area contributed by atoms with E-state index in [0.29, 0.717) is 0 Å². The summed E-state index contributed by atoms with van der Waals surface area (Å²) in [7, 11) is 0. The van der Waals surface area contributed by atoms with Crippen molar-refractivity contribution in [1.82, 2.24) is 15.0 Å². The Balaban J connectivity index is 2.32. The summed E-state index contributed by atoms with van der Waals surface area (Å²) in [5.74, 6) is -0.574. The van der Waals surface area contributed by atoms with Gasteiger partial charge in [0, 0.05) is 5.56 Å². The van der Waals surface area contributed by atoms with Gasteiger partial charge in [0.05, 0.1) is 0 Å². The smallest absolute Gasteiger partial charge is 0.257 e. The molecular weight excluding hydrogens is 369 g/mol. The summed E-state index contributed by atoms with van der Waals surface area (Å²) < 4.78 is 0. The maximum Gasteiger partial charge on any atom is 0.257 e. The predicted molar refractivity (Wildman–Crippen MR) is 79.3 cm³/mol. The molecule has 2 heterocycles. The Morgan fingerprint density at radius 2 is 1.55 bits per heavy atom. The number of carbonyl (C=O) groups is 1. The molecule has 0 atom stereocenters. The van der Waals surface area contributed by atoms with E-state index in [1.54, 1.807) is 0 Å². The summed E-state index contributed by atoms with van der Waals surface area (Å²) in [6.07, 6.45) is 0. The highest BCUT2D eigenvalue weighted by Crippen LogP contribution is 2.28. The third kappa shape index (κ3) is 3.62. The zero-order valence-corrected chi connectivity index (χ0v) is 13.1. The maximum absolute atomic E-state index is 12.0. The van der Waals surface area contributed by atoms with Gasteiger partial charge in [-0.3, -0.25) is 4.79 Å². The van der Waals surface area contributed by atoms with Crippen molar-refractivity contribution in [2.45, 2.75) is 0 Å². The number of nitrogens with one attached hydrogen (secondary N) is 1. The first kappa shape index (κ1) is 15.5. The van der Waals surface area contributed by atoms with Gasteiger partial charge < -0.3 is 5.32 Å². The van der Waals surface area contributed by atoms with Crippen LogP contribution in [0.25, 0.3) is 0 Å². The van der Waals surface area contributed by atoms with Crippen LogP contribution in [0.4, 0.5) is 5.82 Å². The van der Waals surface area contributed by atoms with Crippen LogP contribution in [0.15, 0.2) is 12.1 Å². The number of amides is 1. The fourth-order valence-electron chi connectivity index (χ4n) is 1.25. The van der Waals surface area contributed by atoms with Crippen molar-refractivity contribution in [3.8, 4) is 0 Å². The van der Waals surface area contributed by atoms with Gasteiger partial charge in [0.15, 0.2) is 11.0 Å². The third-order valence-corrected chi connectivity index (χ3v) is 3.32. The molecule has 2 aromatic heterocycles. The van der Waals surface area contributed by atoms with Crippen molar-refractivity contribution in [1.29, 1.82) is 0 Å². The van der Waals surface area contributed by atoms with Crippen molar-refractivity contribution in [3.05, 3.63) is 43.5 Å². The highest BCUT2D eigenvalue weighted by molar-refractivity contribution is 6.43. The minimum atomic E-state index is -0.552. The Morgan fingerprint density at radius 1 is 0.950 bits per heavy atom. The fraction of sp³-hybridized carbons (Fsp3) is 0. The number of pyridine rings is 1. The second-order valence-corrected chi connectivity index (χ2v) is 5.25. The first-order valence-corrected chi connectivity index (χ1v) is 6.79. The van der Waals surface area contributed by atoms with E-state index in [2.05, 4.69) is 20.3 Å². The fourth-order valence-corrected chi connectivity index (χ4v) is 2.23. The summed E-state index contributed by atoms with van der Waals surface area (Å²) >= 11 is 28.6. The first-order chi connectivity index (χ1) is 9.36. The van der Waals surface area contributed by atoms with Crippen molar-refractivity contribution in [3.63, 3.8) is 0 Å². The lowest BCUT2D eigenvalue weighted by Crippen LogP contribution is -2.14. The van der Waals surface area contributed by atoms with Crippen LogP contribution in [0.3, 0.4) is 0 Å².